The first-order chi connectivity index (χ1) is 20.1. The van der Waals surface area contributed by atoms with E-state index in [2.05, 4.69) is 68.5 Å². The monoisotopic (exact) mass is 544 g/mol. The smallest absolute Gasteiger partial charge is 0.323 e. The van der Waals surface area contributed by atoms with Crippen molar-refractivity contribution in [2.75, 3.05) is 17.2 Å². The van der Waals surface area contributed by atoms with Crippen molar-refractivity contribution < 1.29 is 9.53 Å². The summed E-state index contributed by atoms with van der Waals surface area (Å²) in [6, 6.07) is 29.3. The predicted molar refractivity (Wildman–Crippen MR) is 164 cm³/mol. The Labute approximate surface area is 239 Å². The molecule has 0 bridgehead atoms. The fraction of sp³-hybridized carbons (Fsp3) is 0.152. The summed E-state index contributed by atoms with van der Waals surface area (Å²) in [7, 11) is 0. The van der Waals surface area contributed by atoms with Gasteiger partial charge in [0.25, 0.3) is 0 Å². The fourth-order valence-electron chi connectivity index (χ4n) is 4.48. The van der Waals surface area contributed by atoms with Crippen molar-refractivity contribution in [2.24, 2.45) is 0 Å². The number of benzene rings is 4. The van der Waals surface area contributed by atoms with Crippen LogP contribution in [0.25, 0.3) is 28.6 Å². The Morgan fingerprint density at radius 3 is 2.41 bits per heavy atom. The number of H-pyrrole nitrogens is 1. The molecule has 0 aliphatic heterocycles. The summed E-state index contributed by atoms with van der Waals surface area (Å²) in [4.78, 5) is 13.2. The molecule has 0 saturated carbocycles. The standard InChI is InChI=1S/C33H32N6O2/c1-3-20-41-31-25(13-9-12-24-10-5-4-6-11-24)21-26(28-14-7-8-15-29(28)32-36-38-39-37-32)22-30(31)35-33(40)34-27-18-16-23(2)17-19-27/h4-12,14-19,21-22H,3,13,20H2,1-2H3,(H2,34,35,40)(H,36,37,38,39). The molecule has 5 aromatic rings. The second-order valence-corrected chi connectivity index (χ2v) is 9.60. The first-order valence-electron chi connectivity index (χ1n) is 13.6. The zero-order valence-electron chi connectivity index (χ0n) is 23.1. The maximum Gasteiger partial charge on any atom is 0.323 e. The number of hydrogen-bond donors (Lipinski definition) is 3. The van der Waals surface area contributed by atoms with E-state index in [1.807, 2.05) is 79.7 Å². The van der Waals surface area contributed by atoms with Crippen molar-refractivity contribution in [3.8, 4) is 28.3 Å². The minimum atomic E-state index is -0.357. The number of aromatic amines is 1. The van der Waals surface area contributed by atoms with Gasteiger partial charge in [-0.2, -0.15) is 5.21 Å². The molecule has 0 radical (unpaired) electrons. The number of carbonyl (C=O) groups excluding carboxylic acids is 1. The van der Waals surface area contributed by atoms with Crippen LogP contribution < -0.4 is 15.4 Å². The zero-order valence-corrected chi connectivity index (χ0v) is 23.1. The van der Waals surface area contributed by atoms with Crippen molar-refractivity contribution in [1.82, 2.24) is 20.6 Å². The highest BCUT2D eigenvalue weighted by atomic mass is 16.5. The first-order valence-corrected chi connectivity index (χ1v) is 13.6. The average Bonchev–Trinajstić information content (AvgIpc) is 3.53. The van der Waals surface area contributed by atoms with Crippen LogP contribution in [-0.2, 0) is 6.42 Å². The lowest BCUT2D eigenvalue weighted by atomic mass is 9.95. The third kappa shape index (κ3) is 7.05. The predicted octanol–water partition coefficient (Wildman–Crippen LogP) is 7.53. The second kappa shape index (κ2) is 13.2. The number of rotatable bonds is 10. The van der Waals surface area contributed by atoms with Crippen LogP contribution in [0.2, 0.25) is 0 Å². The van der Waals surface area contributed by atoms with Crippen molar-refractivity contribution in [2.45, 2.75) is 26.7 Å². The topological polar surface area (TPSA) is 105 Å². The molecule has 8 nitrogen and oxygen atoms in total. The van der Waals surface area contributed by atoms with Crippen LogP contribution in [0, 0.1) is 6.92 Å². The summed E-state index contributed by atoms with van der Waals surface area (Å²) in [5, 5.41) is 20.6. The van der Waals surface area contributed by atoms with Crippen LogP contribution in [0.15, 0.2) is 97.1 Å². The summed E-state index contributed by atoms with van der Waals surface area (Å²) in [5.74, 6) is 1.13. The quantitative estimate of drug-likeness (QED) is 0.169. The van der Waals surface area contributed by atoms with Gasteiger partial charge in [0, 0.05) is 16.8 Å². The van der Waals surface area contributed by atoms with Gasteiger partial charge in [0.05, 0.1) is 12.3 Å². The van der Waals surface area contributed by atoms with E-state index in [0.29, 0.717) is 36.0 Å². The molecule has 0 aliphatic carbocycles. The molecule has 0 aliphatic rings. The highest BCUT2D eigenvalue weighted by Crippen LogP contribution is 2.38. The molecule has 4 aromatic carbocycles. The Morgan fingerprint density at radius 2 is 1.68 bits per heavy atom. The fourth-order valence-corrected chi connectivity index (χ4v) is 4.48. The van der Waals surface area contributed by atoms with E-state index < -0.39 is 0 Å². The molecule has 1 heterocycles. The molecule has 2 amide bonds. The van der Waals surface area contributed by atoms with Gasteiger partial charge in [0.15, 0.2) is 0 Å². The van der Waals surface area contributed by atoms with Crippen LogP contribution in [-0.4, -0.2) is 33.3 Å². The molecule has 0 saturated heterocycles. The lowest BCUT2D eigenvalue weighted by Gasteiger charge is -2.19. The van der Waals surface area contributed by atoms with Crippen LogP contribution in [0.1, 0.15) is 30.0 Å². The van der Waals surface area contributed by atoms with Crippen molar-refractivity contribution in [3.05, 3.63) is 114 Å². The molecule has 41 heavy (non-hydrogen) atoms. The first kappa shape index (κ1) is 27.3. The van der Waals surface area contributed by atoms with Crippen LogP contribution in [0.4, 0.5) is 16.2 Å². The van der Waals surface area contributed by atoms with Crippen LogP contribution in [0.3, 0.4) is 0 Å². The van der Waals surface area contributed by atoms with Gasteiger partial charge < -0.3 is 15.4 Å². The summed E-state index contributed by atoms with van der Waals surface area (Å²) < 4.78 is 6.26. The number of anilines is 2. The van der Waals surface area contributed by atoms with E-state index >= 15 is 0 Å². The molecular formula is C33H32N6O2. The number of aryl methyl sites for hydroxylation is 1. The van der Waals surface area contributed by atoms with Crippen LogP contribution in [0.5, 0.6) is 5.75 Å². The SMILES string of the molecule is CCCOc1c(CC=Cc2ccccc2)cc(-c2ccccc2-c2nn[nH]n2)cc1NC(=O)Nc1ccc(C)cc1. The number of nitrogens with one attached hydrogen (secondary N) is 3. The maximum atomic E-state index is 13.2. The molecule has 1 aromatic heterocycles. The number of allylic oxidation sites excluding steroid dienone is 1. The normalized spacial score (nSPS) is 11.0. The van der Waals surface area contributed by atoms with Gasteiger partial charge >= 0.3 is 6.03 Å². The third-order valence-electron chi connectivity index (χ3n) is 6.45. The molecule has 0 fully saturated rings. The summed E-state index contributed by atoms with van der Waals surface area (Å²) in [6.45, 7) is 4.58. The van der Waals surface area contributed by atoms with Crippen molar-refractivity contribution in [3.63, 3.8) is 0 Å². The van der Waals surface area contributed by atoms with Gasteiger partial charge in [0.1, 0.15) is 5.75 Å². The number of amides is 2. The highest BCUT2D eigenvalue weighted by molar-refractivity contribution is 6.01. The van der Waals surface area contributed by atoms with E-state index in [4.69, 9.17) is 4.74 Å². The Kier molecular flexibility index (Phi) is 8.81. The number of hydrogen-bond acceptors (Lipinski definition) is 5. The van der Waals surface area contributed by atoms with E-state index in [1.165, 1.54) is 0 Å². The Morgan fingerprint density at radius 1 is 0.927 bits per heavy atom. The summed E-state index contributed by atoms with van der Waals surface area (Å²) >= 11 is 0. The van der Waals surface area contributed by atoms with Gasteiger partial charge in [0.2, 0.25) is 5.82 Å². The molecule has 0 unspecified atom stereocenters. The summed E-state index contributed by atoms with van der Waals surface area (Å²) in [5.41, 5.74) is 7.07. The minimum Gasteiger partial charge on any atom is -0.491 e. The van der Waals surface area contributed by atoms with E-state index in [1.54, 1.807) is 0 Å². The van der Waals surface area contributed by atoms with E-state index in [0.717, 1.165) is 39.8 Å². The largest absolute Gasteiger partial charge is 0.491 e. The van der Waals surface area contributed by atoms with Crippen molar-refractivity contribution >= 4 is 23.5 Å². The third-order valence-corrected chi connectivity index (χ3v) is 6.45. The number of carbonyl (C=O) groups is 1. The number of nitrogens with zero attached hydrogens (tertiary/aromatic N) is 3. The molecule has 206 valence electrons. The maximum absolute atomic E-state index is 13.2. The Hall–Kier alpha value is -5.24. The molecule has 0 spiro atoms. The van der Waals surface area contributed by atoms with Gasteiger partial charge in [-0.3, -0.25) is 0 Å². The lowest BCUT2D eigenvalue weighted by Crippen LogP contribution is -2.20. The molecule has 5 rings (SSSR count). The Bertz CT molecular complexity index is 1610. The van der Waals surface area contributed by atoms with E-state index in [9.17, 15) is 4.79 Å². The summed E-state index contributed by atoms with van der Waals surface area (Å²) in [6.07, 6.45) is 5.62. The number of tetrazole rings is 1. The van der Waals surface area contributed by atoms with Crippen LogP contribution >= 0.6 is 0 Å². The second-order valence-electron chi connectivity index (χ2n) is 9.60. The minimum absolute atomic E-state index is 0.357. The van der Waals surface area contributed by atoms with Gasteiger partial charge in [-0.25, -0.2) is 4.79 Å². The Balaban J connectivity index is 1.56. The zero-order chi connectivity index (χ0) is 28.4. The number of urea groups is 1. The number of aromatic nitrogens is 4. The average molecular weight is 545 g/mol. The lowest BCUT2D eigenvalue weighted by molar-refractivity contribution is 0.261. The molecule has 0 atom stereocenters. The number of ether oxygens (including phenoxy) is 1. The molecule has 3 N–H and O–H groups in total. The van der Waals surface area contributed by atoms with Crippen molar-refractivity contribution in [1.29, 1.82) is 0 Å². The molecule has 8 heteroatoms. The van der Waals surface area contributed by atoms with Gasteiger partial charge in [-0.15, -0.1) is 10.2 Å². The van der Waals surface area contributed by atoms with Gasteiger partial charge in [-0.05, 0) is 65.9 Å². The molecular weight excluding hydrogens is 512 g/mol. The van der Waals surface area contributed by atoms with Gasteiger partial charge in [-0.1, -0.05) is 91.4 Å². The van der Waals surface area contributed by atoms with E-state index in [-0.39, 0.29) is 6.03 Å². The highest BCUT2D eigenvalue weighted by Gasteiger charge is 2.18.